The molecule has 0 spiro atoms. The number of fused-ring (bicyclic) bond motifs is 1. The highest BCUT2D eigenvalue weighted by molar-refractivity contribution is 5.44. The predicted molar refractivity (Wildman–Crippen MR) is 67.7 cm³/mol. The van der Waals surface area contributed by atoms with E-state index >= 15 is 0 Å². The van der Waals surface area contributed by atoms with Crippen molar-refractivity contribution < 1.29 is 14.6 Å². The van der Waals surface area contributed by atoms with Crippen LogP contribution in [0.5, 0.6) is 11.5 Å². The number of piperidine rings is 1. The van der Waals surface area contributed by atoms with Crippen LogP contribution in [-0.2, 0) is 6.54 Å². The van der Waals surface area contributed by atoms with E-state index in [1.54, 1.807) is 0 Å². The molecule has 0 unspecified atom stereocenters. The van der Waals surface area contributed by atoms with Gasteiger partial charge in [0.25, 0.3) is 0 Å². The molecule has 2 aliphatic rings. The van der Waals surface area contributed by atoms with Gasteiger partial charge in [-0.05, 0) is 37.1 Å². The highest BCUT2D eigenvalue weighted by Crippen LogP contribution is 2.33. The first-order valence-electron chi connectivity index (χ1n) is 6.60. The van der Waals surface area contributed by atoms with Gasteiger partial charge in [-0.1, -0.05) is 12.5 Å². The largest absolute Gasteiger partial charge is 0.454 e. The first-order chi connectivity index (χ1) is 8.86. The fourth-order valence-electron chi connectivity index (χ4n) is 2.75. The molecule has 98 valence electrons. The molecule has 0 aliphatic carbocycles. The molecule has 0 saturated carbocycles. The molecular formula is C14H19NO3. The quantitative estimate of drug-likeness (QED) is 0.886. The molecule has 1 aromatic rings. The van der Waals surface area contributed by atoms with E-state index in [4.69, 9.17) is 9.47 Å². The van der Waals surface area contributed by atoms with Crippen molar-refractivity contribution in [2.45, 2.75) is 31.8 Å². The summed E-state index contributed by atoms with van der Waals surface area (Å²) < 4.78 is 10.7. The molecule has 2 aliphatic heterocycles. The fraction of sp³-hybridized carbons (Fsp3) is 0.571. The monoisotopic (exact) mass is 249 g/mol. The van der Waals surface area contributed by atoms with Crippen LogP contribution < -0.4 is 9.47 Å². The van der Waals surface area contributed by atoms with Crippen LogP contribution >= 0.6 is 0 Å². The lowest BCUT2D eigenvalue weighted by atomic mass is 10.0. The zero-order chi connectivity index (χ0) is 12.4. The summed E-state index contributed by atoms with van der Waals surface area (Å²) in [5, 5.41) is 9.41. The van der Waals surface area contributed by atoms with Gasteiger partial charge in [-0.25, -0.2) is 0 Å². The minimum atomic E-state index is 0.255. The highest BCUT2D eigenvalue weighted by Gasteiger charge is 2.22. The molecule has 4 heteroatoms. The maximum absolute atomic E-state index is 9.41. The van der Waals surface area contributed by atoms with Gasteiger partial charge in [0, 0.05) is 12.6 Å². The molecule has 0 radical (unpaired) electrons. The second-order valence-corrected chi connectivity index (χ2v) is 4.99. The van der Waals surface area contributed by atoms with Crippen molar-refractivity contribution in [3.63, 3.8) is 0 Å². The van der Waals surface area contributed by atoms with Gasteiger partial charge < -0.3 is 14.6 Å². The third kappa shape index (κ3) is 2.31. The predicted octanol–water partition coefficient (Wildman–Crippen LogP) is 1.76. The Kier molecular flexibility index (Phi) is 3.39. The summed E-state index contributed by atoms with van der Waals surface area (Å²) >= 11 is 0. The van der Waals surface area contributed by atoms with Gasteiger partial charge in [-0.3, -0.25) is 4.90 Å². The fourth-order valence-corrected chi connectivity index (χ4v) is 2.75. The second-order valence-electron chi connectivity index (χ2n) is 4.99. The molecule has 0 aromatic heterocycles. The van der Waals surface area contributed by atoms with Crippen LogP contribution in [0.3, 0.4) is 0 Å². The maximum Gasteiger partial charge on any atom is 0.231 e. The van der Waals surface area contributed by atoms with Crippen LogP contribution in [0.4, 0.5) is 0 Å². The number of aliphatic hydroxyl groups is 1. The van der Waals surface area contributed by atoms with Gasteiger partial charge in [0.2, 0.25) is 6.79 Å². The molecule has 1 N–H and O–H groups in total. The summed E-state index contributed by atoms with van der Waals surface area (Å²) in [6.45, 7) is 2.52. The van der Waals surface area contributed by atoms with Crippen molar-refractivity contribution in [3.05, 3.63) is 23.8 Å². The van der Waals surface area contributed by atoms with Gasteiger partial charge in [0.15, 0.2) is 11.5 Å². The van der Waals surface area contributed by atoms with Crippen LogP contribution in [0.25, 0.3) is 0 Å². The van der Waals surface area contributed by atoms with Crippen LogP contribution in [0.2, 0.25) is 0 Å². The van der Waals surface area contributed by atoms with Crippen molar-refractivity contribution in [2.24, 2.45) is 0 Å². The first kappa shape index (κ1) is 11.8. The Morgan fingerprint density at radius 3 is 3.00 bits per heavy atom. The summed E-state index contributed by atoms with van der Waals surface area (Å²) in [6.07, 6.45) is 3.55. The Balaban J connectivity index is 1.71. The molecule has 0 bridgehead atoms. The van der Waals surface area contributed by atoms with Crippen molar-refractivity contribution in [1.29, 1.82) is 0 Å². The molecule has 4 nitrogen and oxygen atoms in total. The van der Waals surface area contributed by atoms with E-state index in [-0.39, 0.29) is 6.61 Å². The van der Waals surface area contributed by atoms with Gasteiger partial charge >= 0.3 is 0 Å². The Hall–Kier alpha value is -1.26. The Labute approximate surface area is 107 Å². The smallest absolute Gasteiger partial charge is 0.231 e. The van der Waals surface area contributed by atoms with Crippen LogP contribution in [0.1, 0.15) is 24.8 Å². The van der Waals surface area contributed by atoms with Crippen molar-refractivity contribution in [1.82, 2.24) is 4.90 Å². The SMILES string of the molecule is OC[C@@H]1CCCCN1Cc1ccc2c(c1)OCO2. The zero-order valence-electron chi connectivity index (χ0n) is 10.5. The number of nitrogens with zero attached hydrogens (tertiary/aromatic N) is 1. The van der Waals surface area contributed by atoms with Gasteiger partial charge in [-0.15, -0.1) is 0 Å². The van der Waals surface area contributed by atoms with E-state index in [2.05, 4.69) is 11.0 Å². The summed E-state index contributed by atoms with van der Waals surface area (Å²) in [7, 11) is 0. The van der Waals surface area contributed by atoms with Crippen LogP contribution in [0.15, 0.2) is 18.2 Å². The number of ether oxygens (including phenoxy) is 2. The van der Waals surface area contributed by atoms with E-state index in [9.17, 15) is 5.11 Å². The third-order valence-electron chi connectivity index (χ3n) is 3.78. The van der Waals surface area contributed by atoms with Gasteiger partial charge in [-0.2, -0.15) is 0 Å². The molecule has 2 heterocycles. The van der Waals surface area contributed by atoms with E-state index in [0.717, 1.165) is 31.0 Å². The molecular weight excluding hydrogens is 230 g/mol. The Morgan fingerprint density at radius 1 is 1.22 bits per heavy atom. The van der Waals surface area contributed by atoms with Crippen molar-refractivity contribution in [3.8, 4) is 11.5 Å². The molecule has 18 heavy (non-hydrogen) atoms. The van der Waals surface area contributed by atoms with Crippen molar-refractivity contribution >= 4 is 0 Å². The number of hydrogen-bond acceptors (Lipinski definition) is 4. The number of benzene rings is 1. The lowest BCUT2D eigenvalue weighted by Crippen LogP contribution is -2.41. The first-order valence-corrected chi connectivity index (χ1v) is 6.60. The normalized spacial score (nSPS) is 23.3. The average molecular weight is 249 g/mol. The van der Waals surface area contributed by atoms with E-state index in [0.29, 0.717) is 12.8 Å². The maximum atomic E-state index is 9.41. The number of likely N-dealkylation sites (tertiary alicyclic amines) is 1. The minimum absolute atomic E-state index is 0.255. The molecule has 1 fully saturated rings. The van der Waals surface area contributed by atoms with E-state index < -0.39 is 0 Å². The lowest BCUT2D eigenvalue weighted by molar-refractivity contribution is 0.0841. The number of rotatable bonds is 3. The Bertz CT molecular complexity index is 422. The molecule has 0 amide bonds. The average Bonchev–Trinajstić information content (AvgIpc) is 2.87. The number of aliphatic hydroxyl groups excluding tert-OH is 1. The highest BCUT2D eigenvalue weighted by atomic mass is 16.7. The van der Waals surface area contributed by atoms with Crippen molar-refractivity contribution in [2.75, 3.05) is 19.9 Å². The molecule has 1 atom stereocenters. The Morgan fingerprint density at radius 2 is 2.11 bits per heavy atom. The van der Waals surface area contributed by atoms with Crippen LogP contribution in [-0.4, -0.2) is 36.0 Å². The number of hydrogen-bond donors (Lipinski definition) is 1. The summed E-state index contributed by atoms with van der Waals surface area (Å²) in [4.78, 5) is 2.36. The summed E-state index contributed by atoms with van der Waals surface area (Å²) in [6, 6.07) is 6.40. The third-order valence-corrected chi connectivity index (χ3v) is 3.78. The lowest BCUT2D eigenvalue weighted by Gasteiger charge is -2.34. The van der Waals surface area contributed by atoms with Crippen LogP contribution in [0, 0.1) is 0 Å². The molecule has 1 saturated heterocycles. The van der Waals surface area contributed by atoms with E-state index in [1.807, 2.05) is 12.1 Å². The summed E-state index contributed by atoms with van der Waals surface area (Å²) in [5.41, 5.74) is 1.22. The zero-order valence-corrected chi connectivity index (χ0v) is 10.5. The second kappa shape index (κ2) is 5.16. The topological polar surface area (TPSA) is 41.9 Å². The minimum Gasteiger partial charge on any atom is -0.454 e. The van der Waals surface area contributed by atoms with Gasteiger partial charge in [0.05, 0.1) is 6.61 Å². The standard InChI is InChI=1S/C14H19NO3/c16-9-12-3-1-2-6-15(12)8-11-4-5-13-14(7-11)18-10-17-13/h4-5,7,12,16H,1-3,6,8-10H2/t12-/m0/s1. The molecule has 3 rings (SSSR count). The van der Waals surface area contributed by atoms with Gasteiger partial charge in [0.1, 0.15) is 0 Å². The molecule has 1 aromatic carbocycles. The summed E-state index contributed by atoms with van der Waals surface area (Å²) in [5.74, 6) is 1.67. The van der Waals surface area contributed by atoms with E-state index in [1.165, 1.54) is 18.4 Å².